The zero-order valence-electron chi connectivity index (χ0n) is 12.5. The fourth-order valence-electron chi connectivity index (χ4n) is 3.04. The SMILES string of the molecule is CCc1ccc(Cl)cc1C1=CC(C)(C)OC(C)(C)C1. The van der Waals surface area contributed by atoms with Crippen LogP contribution in [-0.2, 0) is 11.2 Å². The average molecular weight is 279 g/mol. The van der Waals surface area contributed by atoms with Crippen LogP contribution in [0.5, 0.6) is 0 Å². The van der Waals surface area contributed by atoms with Gasteiger partial charge in [0.15, 0.2) is 0 Å². The van der Waals surface area contributed by atoms with Crippen molar-refractivity contribution in [2.75, 3.05) is 0 Å². The Morgan fingerprint density at radius 2 is 1.89 bits per heavy atom. The Labute approximate surface area is 121 Å². The van der Waals surface area contributed by atoms with Crippen molar-refractivity contribution >= 4 is 17.2 Å². The van der Waals surface area contributed by atoms with E-state index in [4.69, 9.17) is 16.3 Å². The zero-order chi connectivity index (χ0) is 14.3. The van der Waals surface area contributed by atoms with Gasteiger partial charge in [-0.3, -0.25) is 0 Å². The molecule has 0 atom stereocenters. The molecule has 0 unspecified atom stereocenters. The summed E-state index contributed by atoms with van der Waals surface area (Å²) in [7, 11) is 0. The minimum absolute atomic E-state index is 0.138. The Bertz CT molecular complexity index is 512. The van der Waals surface area contributed by atoms with Crippen LogP contribution in [0.4, 0.5) is 0 Å². The van der Waals surface area contributed by atoms with Gasteiger partial charge in [0.2, 0.25) is 0 Å². The first kappa shape index (κ1) is 14.6. The second-order valence-corrected chi connectivity index (χ2v) is 6.90. The molecule has 2 rings (SSSR count). The smallest absolute Gasteiger partial charge is 0.0819 e. The highest BCUT2D eigenvalue weighted by molar-refractivity contribution is 6.30. The van der Waals surface area contributed by atoms with Crippen LogP contribution in [0.25, 0.3) is 5.57 Å². The third-order valence-electron chi connectivity index (χ3n) is 3.48. The Morgan fingerprint density at radius 3 is 2.47 bits per heavy atom. The molecule has 19 heavy (non-hydrogen) atoms. The summed E-state index contributed by atoms with van der Waals surface area (Å²) in [6.45, 7) is 10.7. The molecule has 0 saturated heterocycles. The molecule has 1 aromatic carbocycles. The van der Waals surface area contributed by atoms with Crippen molar-refractivity contribution in [2.45, 2.75) is 58.7 Å². The van der Waals surface area contributed by atoms with Gasteiger partial charge in [0.25, 0.3) is 0 Å². The molecule has 1 heterocycles. The molecule has 0 fully saturated rings. The van der Waals surface area contributed by atoms with Crippen molar-refractivity contribution in [3.63, 3.8) is 0 Å². The number of halogens is 1. The molecule has 0 spiro atoms. The van der Waals surface area contributed by atoms with E-state index >= 15 is 0 Å². The van der Waals surface area contributed by atoms with Crippen LogP contribution in [0.2, 0.25) is 5.02 Å². The summed E-state index contributed by atoms with van der Waals surface area (Å²) in [4.78, 5) is 0. The molecule has 104 valence electrons. The van der Waals surface area contributed by atoms with E-state index in [1.54, 1.807) is 0 Å². The summed E-state index contributed by atoms with van der Waals surface area (Å²) in [6, 6.07) is 6.19. The van der Waals surface area contributed by atoms with Crippen molar-refractivity contribution < 1.29 is 4.74 Å². The first-order chi connectivity index (χ1) is 8.72. The molecule has 0 aromatic heterocycles. The highest BCUT2D eigenvalue weighted by atomic mass is 35.5. The van der Waals surface area contributed by atoms with Gasteiger partial charge in [-0.25, -0.2) is 0 Å². The van der Waals surface area contributed by atoms with E-state index in [1.165, 1.54) is 16.7 Å². The summed E-state index contributed by atoms with van der Waals surface area (Å²) in [5, 5.41) is 0.801. The molecule has 0 aliphatic carbocycles. The number of aryl methyl sites for hydroxylation is 1. The van der Waals surface area contributed by atoms with Crippen molar-refractivity contribution in [3.05, 3.63) is 40.4 Å². The number of rotatable bonds is 2. The molecule has 0 N–H and O–H groups in total. The van der Waals surface area contributed by atoms with Gasteiger partial charge >= 0.3 is 0 Å². The van der Waals surface area contributed by atoms with Crippen LogP contribution in [-0.4, -0.2) is 11.2 Å². The van der Waals surface area contributed by atoms with E-state index in [2.05, 4.69) is 52.8 Å². The summed E-state index contributed by atoms with van der Waals surface area (Å²) in [6.07, 6.45) is 4.18. The Hall–Kier alpha value is -0.790. The first-order valence-corrected chi connectivity index (χ1v) is 7.31. The topological polar surface area (TPSA) is 9.23 Å². The first-order valence-electron chi connectivity index (χ1n) is 6.93. The minimum atomic E-state index is -0.232. The Balaban J connectivity index is 2.51. The summed E-state index contributed by atoms with van der Waals surface area (Å²) in [5.41, 5.74) is 3.61. The van der Waals surface area contributed by atoms with Gasteiger partial charge in [0, 0.05) is 11.4 Å². The molecule has 2 heteroatoms. The quantitative estimate of drug-likeness (QED) is 0.717. The lowest BCUT2D eigenvalue weighted by Crippen LogP contribution is -2.39. The van der Waals surface area contributed by atoms with Crippen molar-refractivity contribution in [1.82, 2.24) is 0 Å². The fourth-order valence-corrected chi connectivity index (χ4v) is 3.21. The average Bonchev–Trinajstić information content (AvgIpc) is 2.24. The van der Waals surface area contributed by atoms with E-state index in [9.17, 15) is 0 Å². The normalized spacial score (nSPS) is 21.1. The Morgan fingerprint density at radius 1 is 1.21 bits per heavy atom. The largest absolute Gasteiger partial charge is 0.365 e. The fraction of sp³-hybridized carbons (Fsp3) is 0.529. The lowest BCUT2D eigenvalue weighted by atomic mass is 9.84. The highest BCUT2D eigenvalue weighted by Crippen LogP contribution is 2.39. The van der Waals surface area contributed by atoms with Gasteiger partial charge in [0.05, 0.1) is 11.2 Å². The zero-order valence-corrected chi connectivity index (χ0v) is 13.3. The number of hydrogen-bond acceptors (Lipinski definition) is 1. The van der Waals surface area contributed by atoms with Crippen LogP contribution in [0.15, 0.2) is 24.3 Å². The van der Waals surface area contributed by atoms with Crippen LogP contribution in [0, 0.1) is 0 Å². The van der Waals surface area contributed by atoms with Gasteiger partial charge < -0.3 is 4.74 Å². The van der Waals surface area contributed by atoms with E-state index in [1.807, 2.05) is 6.07 Å². The third kappa shape index (κ3) is 3.40. The van der Waals surface area contributed by atoms with Gasteiger partial charge in [-0.2, -0.15) is 0 Å². The van der Waals surface area contributed by atoms with Crippen LogP contribution in [0.1, 0.15) is 52.2 Å². The monoisotopic (exact) mass is 278 g/mol. The summed E-state index contributed by atoms with van der Waals surface area (Å²) in [5.74, 6) is 0. The maximum absolute atomic E-state index is 6.18. The van der Waals surface area contributed by atoms with E-state index in [0.717, 1.165) is 17.9 Å². The van der Waals surface area contributed by atoms with Crippen LogP contribution in [0.3, 0.4) is 0 Å². The molecule has 1 aromatic rings. The summed E-state index contributed by atoms with van der Waals surface area (Å²) < 4.78 is 6.11. The molecular formula is C17H23ClO. The van der Waals surface area contributed by atoms with Crippen LogP contribution < -0.4 is 0 Å². The van der Waals surface area contributed by atoms with Gasteiger partial charge in [-0.15, -0.1) is 0 Å². The molecule has 0 saturated carbocycles. The molecule has 1 aliphatic rings. The predicted molar refractivity (Wildman–Crippen MR) is 82.7 cm³/mol. The molecule has 0 radical (unpaired) electrons. The number of hydrogen-bond donors (Lipinski definition) is 0. The Kier molecular flexibility index (Phi) is 3.81. The van der Waals surface area contributed by atoms with E-state index < -0.39 is 0 Å². The van der Waals surface area contributed by atoms with Crippen molar-refractivity contribution in [1.29, 1.82) is 0 Å². The van der Waals surface area contributed by atoms with E-state index in [0.29, 0.717) is 0 Å². The van der Waals surface area contributed by atoms with Gasteiger partial charge in [-0.1, -0.05) is 24.6 Å². The number of benzene rings is 1. The second-order valence-electron chi connectivity index (χ2n) is 6.47. The molecule has 1 nitrogen and oxygen atoms in total. The molecular weight excluding hydrogens is 256 g/mol. The summed E-state index contributed by atoms with van der Waals surface area (Å²) >= 11 is 6.18. The van der Waals surface area contributed by atoms with Crippen molar-refractivity contribution in [3.8, 4) is 0 Å². The van der Waals surface area contributed by atoms with Gasteiger partial charge in [0.1, 0.15) is 0 Å². The highest BCUT2D eigenvalue weighted by Gasteiger charge is 2.34. The van der Waals surface area contributed by atoms with Crippen LogP contribution >= 0.6 is 11.6 Å². The molecule has 0 bridgehead atoms. The predicted octanol–water partition coefficient (Wildman–Crippen LogP) is 5.26. The lowest BCUT2D eigenvalue weighted by Gasteiger charge is -2.40. The number of ether oxygens (including phenoxy) is 1. The van der Waals surface area contributed by atoms with Gasteiger partial charge in [-0.05, 0) is 69.0 Å². The second kappa shape index (κ2) is 4.96. The molecule has 1 aliphatic heterocycles. The lowest BCUT2D eigenvalue weighted by molar-refractivity contribution is -0.100. The third-order valence-corrected chi connectivity index (χ3v) is 3.71. The van der Waals surface area contributed by atoms with E-state index in [-0.39, 0.29) is 11.2 Å². The standard InChI is InChI=1S/C17H23ClO/c1-6-12-7-8-14(18)9-15(12)13-10-16(2,3)19-17(4,5)11-13/h7-10H,6,11H2,1-5H3. The van der Waals surface area contributed by atoms with Crippen molar-refractivity contribution in [2.24, 2.45) is 0 Å². The maximum atomic E-state index is 6.18. The maximum Gasteiger partial charge on any atom is 0.0819 e. The minimum Gasteiger partial charge on any atom is -0.365 e. The molecule has 0 amide bonds.